The Kier molecular flexibility index (Phi) is 3.99. The van der Waals surface area contributed by atoms with E-state index in [1.807, 2.05) is 0 Å². The molecule has 0 bridgehead atoms. The van der Waals surface area contributed by atoms with E-state index in [1.54, 1.807) is 17.8 Å². The predicted molar refractivity (Wildman–Crippen MR) is 64.5 cm³/mol. The Balaban J connectivity index is 1.97. The van der Waals surface area contributed by atoms with Crippen LogP contribution in [0.1, 0.15) is 36.0 Å². The van der Waals surface area contributed by atoms with Gasteiger partial charge < -0.3 is 0 Å². The van der Waals surface area contributed by atoms with Gasteiger partial charge in [-0.25, -0.2) is 4.39 Å². The fraction of sp³-hybridized carbons (Fsp3) is 0.462. The summed E-state index contributed by atoms with van der Waals surface area (Å²) in [5, 5.41) is 0. The summed E-state index contributed by atoms with van der Waals surface area (Å²) in [6.07, 6.45) is 5.94. The van der Waals surface area contributed by atoms with E-state index in [2.05, 4.69) is 0 Å². The van der Waals surface area contributed by atoms with Crippen LogP contribution in [0.5, 0.6) is 0 Å². The molecule has 1 aliphatic carbocycles. The summed E-state index contributed by atoms with van der Waals surface area (Å²) in [6.45, 7) is 0. The van der Waals surface area contributed by atoms with Gasteiger partial charge >= 0.3 is 0 Å². The van der Waals surface area contributed by atoms with Crippen molar-refractivity contribution in [2.75, 3.05) is 5.75 Å². The van der Waals surface area contributed by atoms with Crippen molar-refractivity contribution in [2.24, 2.45) is 5.92 Å². The van der Waals surface area contributed by atoms with Crippen molar-refractivity contribution in [1.29, 1.82) is 0 Å². The first-order valence-electron chi connectivity index (χ1n) is 5.66. The van der Waals surface area contributed by atoms with Gasteiger partial charge in [-0.2, -0.15) is 0 Å². The number of rotatable bonds is 4. The molecule has 2 rings (SSSR count). The molecule has 0 saturated heterocycles. The van der Waals surface area contributed by atoms with E-state index in [0.29, 0.717) is 11.8 Å². The van der Waals surface area contributed by atoms with Gasteiger partial charge in [-0.05, 0) is 37.0 Å². The number of halogens is 1. The highest BCUT2D eigenvalue weighted by Crippen LogP contribution is 2.31. The monoisotopic (exact) mass is 238 g/mol. The Morgan fingerprint density at radius 1 is 1.31 bits per heavy atom. The smallest absolute Gasteiger partial charge is 0.150 e. The molecule has 1 nitrogen and oxygen atoms in total. The number of thioether (sulfide) groups is 1. The lowest BCUT2D eigenvalue weighted by Crippen LogP contribution is -1.96. The quantitative estimate of drug-likeness (QED) is 0.584. The van der Waals surface area contributed by atoms with Crippen molar-refractivity contribution in [1.82, 2.24) is 0 Å². The molecular formula is C13H15FOS. The maximum Gasteiger partial charge on any atom is 0.150 e. The average molecular weight is 238 g/mol. The molecule has 1 aromatic rings. The van der Waals surface area contributed by atoms with Crippen molar-refractivity contribution in [3.05, 3.63) is 29.6 Å². The molecule has 0 N–H and O–H groups in total. The van der Waals surface area contributed by atoms with Gasteiger partial charge in [-0.15, -0.1) is 11.8 Å². The Bertz CT molecular complexity index is 372. The van der Waals surface area contributed by atoms with E-state index >= 15 is 0 Å². The van der Waals surface area contributed by atoms with E-state index in [0.717, 1.165) is 16.6 Å². The number of carbonyl (C=O) groups excluding carboxylic acids is 1. The van der Waals surface area contributed by atoms with Crippen LogP contribution in [0.15, 0.2) is 23.1 Å². The average Bonchev–Trinajstić information content (AvgIpc) is 2.78. The van der Waals surface area contributed by atoms with E-state index in [1.165, 1.54) is 37.8 Å². The molecule has 0 aromatic heterocycles. The van der Waals surface area contributed by atoms with Crippen molar-refractivity contribution in [3.8, 4) is 0 Å². The molecule has 0 spiro atoms. The number of hydrogen-bond acceptors (Lipinski definition) is 2. The summed E-state index contributed by atoms with van der Waals surface area (Å²) in [5.41, 5.74) is 0.425. The van der Waals surface area contributed by atoms with Crippen LogP contribution in [0.25, 0.3) is 0 Å². The fourth-order valence-corrected chi connectivity index (χ4v) is 3.30. The van der Waals surface area contributed by atoms with Gasteiger partial charge in [0.25, 0.3) is 0 Å². The molecule has 0 unspecified atom stereocenters. The van der Waals surface area contributed by atoms with Crippen molar-refractivity contribution in [3.63, 3.8) is 0 Å². The van der Waals surface area contributed by atoms with Gasteiger partial charge in [0.2, 0.25) is 0 Å². The zero-order chi connectivity index (χ0) is 11.4. The van der Waals surface area contributed by atoms with Crippen molar-refractivity contribution >= 4 is 18.0 Å². The van der Waals surface area contributed by atoms with Crippen LogP contribution in [0.2, 0.25) is 0 Å². The maximum atomic E-state index is 13.1. The van der Waals surface area contributed by atoms with Crippen LogP contribution in [0.3, 0.4) is 0 Å². The maximum absolute atomic E-state index is 13.1. The second-order valence-electron chi connectivity index (χ2n) is 4.30. The molecule has 3 heteroatoms. The van der Waals surface area contributed by atoms with Gasteiger partial charge in [0.05, 0.1) is 0 Å². The van der Waals surface area contributed by atoms with Crippen LogP contribution in [-0.2, 0) is 0 Å². The first kappa shape index (κ1) is 11.6. The molecule has 1 fully saturated rings. The van der Waals surface area contributed by atoms with E-state index in [-0.39, 0.29) is 5.82 Å². The molecule has 0 aliphatic heterocycles. The SMILES string of the molecule is O=Cc1cc(F)cc(SCC2CCCC2)c1. The highest BCUT2D eigenvalue weighted by Gasteiger charge is 2.15. The van der Waals surface area contributed by atoms with E-state index in [4.69, 9.17) is 0 Å². The van der Waals surface area contributed by atoms with Crippen molar-refractivity contribution < 1.29 is 9.18 Å². The lowest BCUT2D eigenvalue weighted by Gasteiger charge is -2.08. The summed E-state index contributed by atoms with van der Waals surface area (Å²) in [6, 6.07) is 4.54. The first-order valence-corrected chi connectivity index (χ1v) is 6.65. The lowest BCUT2D eigenvalue weighted by molar-refractivity contribution is 0.112. The number of carbonyl (C=O) groups is 1. The second kappa shape index (κ2) is 5.48. The molecule has 1 saturated carbocycles. The number of aldehydes is 1. The summed E-state index contributed by atoms with van der Waals surface area (Å²) in [5.74, 6) is 1.49. The molecule has 0 atom stereocenters. The summed E-state index contributed by atoms with van der Waals surface area (Å²) < 4.78 is 13.1. The Morgan fingerprint density at radius 3 is 2.75 bits per heavy atom. The van der Waals surface area contributed by atoms with Gasteiger partial charge in [0.1, 0.15) is 12.1 Å². The molecule has 1 aliphatic rings. The Hall–Kier alpha value is -0.830. The largest absolute Gasteiger partial charge is 0.298 e. The van der Waals surface area contributed by atoms with Gasteiger partial charge in [0, 0.05) is 16.2 Å². The second-order valence-corrected chi connectivity index (χ2v) is 5.39. The zero-order valence-electron chi connectivity index (χ0n) is 9.12. The minimum Gasteiger partial charge on any atom is -0.298 e. The summed E-state index contributed by atoms with van der Waals surface area (Å²) in [4.78, 5) is 11.5. The van der Waals surface area contributed by atoms with Gasteiger partial charge in [-0.1, -0.05) is 12.8 Å². The van der Waals surface area contributed by atoms with Crippen LogP contribution in [0, 0.1) is 11.7 Å². The Morgan fingerprint density at radius 2 is 2.06 bits per heavy atom. The zero-order valence-corrected chi connectivity index (χ0v) is 9.93. The first-order chi connectivity index (χ1) is 7.78. The van der Waals surface area contributed by atoms with Crippen LogP contribution in [-0.4, -0.2) is 12.0 Å². The van der Waals surface area contributed by atoms with E-state index in [9.17, 15) is 9.18 Å². The third kappa shape index (κ3) is 3.08. The third-order valence-electron chi connectivity index (χ3n) is 2.99. The third-order valence-corrected chi connectivity index (χ3v) is 4.20. The molecule has 0 heterocycles. The minimum absolute atomic E-state index is 0.321. The molecule has 0 amide bonds. The Labute approximate surface area is 99.4 Å². The normalized spacial score (nSPS) is 16.6. The summed E-state index contributed by atoms with van der Waals surface area (Å²) in [7, 11) is 0. The molecule has 86 valence electrons. The predicted octanol–water partition coefficient (Wildman–Crippen LogP) is 3.92. The standard InChI is InChI=1S/C13H15FOS/c14-12-5-11(8-15)6-13(7-12)16-9-10-3-1-2-4-10/h5-8,10H,1-4,9H2. The topological polar surface area (TPSA) is 17.1 Å². The lowest BCUT2D eigenvalue weighted by atomic mass is 10.1. The van der Waals surface area contributed by atoms with Crippen LogP contribution < -0.4 is 0 Å². The van der Waals surface area contributed by atoms with Crippen molar-refractivity contribution in [2.45, 2.75) is 30.6 Å². The molecule has 1 aromatic carbocycles. The highest BCUT2D eigenvalue weighted by atomic mass is 32.2. The highest BCUT2D eigenvalue weighted by molar-refractivity contribution is 7.99. The fourth-order valence-electron chi connectivity index (χ4n) is 2.13. The summed E-state index contributed by atoms with van der Waals surface area (Å²) >= 11 is 1.66. The number of benzene rings is 1. The van der Waals surface area contributed by atoms with E-state index < -0.39 is 0 Å². The van der Waals surface area contributed by atoms with Gasteiger partial charge in [0.15, 0.2) is 0 Å². The van der Waals surface area contributed by atoms with Crippen LogP contribution >= 0.6 is 11.8 Å². The molecule has 0 radical (unpaired) electrons. The minimum atomic E-state index is -0.321. The molecule has 16 heavy (non-hydrogen) atoms. The van der Waals surface area contributed by atoms with Crippen LogP contribution in [0.4, 0.5) is 4.39 Å². The number of hydrogen-bond donors (Lipinski definition) is 0. The van der Waals surface area contributed by atoms with Gasteiger partial charge in [-0.3, -0.25) is 4.79 Å². The molecular weight excluding hydrogens is 223 g/mol.